The van der Waals surface area contributed by atoms with Gasteiger partial charge in [0.1, 0.15) is 5.82 Å². The summed E-state index contributed by atoms with van der Waals surface area (Å²) < 4.78 is 0.880. The van der Waals surface area contributed by atoms with Gasteiger partial charge < -0.3 is 11.1 Å². The standard InChI is InChI=1S/C12H14BrN3OS/c1-7-5-8(13)6-15-9(7)16-11(17)12(10(14)18)3-2-4-12/h5-6H,2-4H2,1H3,(H2,14,18)(H,15,16,17). The molecule has 1 aromatic heterocycles. The van der Waals surface area contributed by atoms with Crippen molar-refractivity contribution in [1.82, 2.24) is 4.98 Å². The van der Waals surface area contributed by atoms with Crippen LogP contribution in [-0.4, -0.2) is 15.9 Å². The molecule has 0 aliphatic heterocycles. The quantitative estimate of drug-likeness (QED) is 0.837. The molecular weight excluding hydrogens is 314 g/mol. The van der Waals surface area contributed by atoms with Crippen LogP contribution in [0.5, 0.6) is 0 Å². The zero-order valence-corrected chi connectivity index (χ0v) is 12.4. The molecule has 6 heteroatoms. The molecule has 0 bridgehead atoms. The lowest BCUT2D eigenvalue weighted by Crippen LogP contribution is -2.50. The third-order valence-corrected chi connectivity index (χ3v) is 4.21. The van der Waals surface area contributed by atoms with E-state index in [0.29, 0.717) is 5.82 Å². The van der Waals surface area contributed by atoms with Crippen LogP contribution < -0.4 is 11.1 Å². The second kappa shape index (κ2) is 4.93. The number of carbonyl (C=O) groups excluding carboxylic acids is 1. The summed E-state index contributed by atoms with van der Waals surface area (Å²) in [4.78, 5) is 16.7. The monoisotopic (exact) mass is 327 g/mol. The van der Waals surface area contributed by atoms with Crippen LogP contribution in [0, 0.1) is 12.3 Å². The minimum atomic E-state index is -0.670. The van der Waals surface area contributed by atoms with Crippen LogP contribution in [0.1, 0.15) is 24.8 Å². The van der Waals surface area contributed by atoms with E-state index in [1.54, 1.807) is 6.20 Å². The van der Waals surface area contributed by atoms with Crippen molar-refractivity contribution < 1.29 is 4.79 Å². The molecule has 1 saturated carbocycles. The Morgan fingerprint density at radius 1 is 1.61 bits per heavy atom. The van der Waals surface area contributed by atoms with E-state index < -0.39 is 5.41 Å². The van der Waals surface area contributed by atoms with Gasteiger partial charge in [0.05, 0.1) is 10.4 Å². The second-order valence-corrected chi connectivity index (χ2v) is 5.93. The molecule has 0 unspecified atom stereocenters. The minimum Gasteiger partial charge on any atom is -0.392 e. The molecule has 1 aromatic rings. The van der Waals surface area contributed by atoms with E-state index in [-0.39, 0.29) is 10.9 Å². The third kappa shape index (κ3) is 2.27. The summed E-state index contributed by atoms with van der Waals surface area (Å²) in [6.07, 6.45) is 4.09. The first-order valence-corrected chi connectivity index (χ1v) is 6.89. The first-order valence-electron chi connectivity index (χ1n) is 5.69. The van der Waals surface area contributed by atoms with Crippen molar-refractivity contribution in [2.24, 2.45) is 11.1 Å². The molecule has 2 rings (SSSR count). The van der Waals surface area contributed by atoms with Crippen LogP contribution in [0.3, 0.4) is 0 Å². The summed E-state index contributed by atoms with van der Waals surface area (Å²) in [5, 5.41) is 2.82. The Kier molecular flexibility index (Phi) is 3.68. The zero-order chi connectivity index (χ0) is 13.3. The van der Waals surface area contributed by atoms with Gasteiger partial charge in [-0.15, -0.1) is 0 Å². The number of nitrogens with two attached hydrogens (primary N) is 1. The Morgan fingerprint density at radius 3 is 2.72 bits per heavy atom. The smallest absolute Gasteiger partial charge is 0.238 e. The van der Waals surface area contributed by atoms with Crippen molar-refractivity contribution in [3.63, 3.8) is 0 Å². The lowest BCUT2D eigenvalue weighted by atomic mass is 9.68. The van der Waals surface area contributed by atoms with E-state index in [4.69, 9.17) is 18.0 Å². The molecule has 3 N–H and O–H groups in total. The van der Waals surface area contributed by atoms with E-state index in [0.717, 1.165) is 29.3 Å². The van der Waals surface area contributed by atoms with Crippen LogP contribution in [0.2, 0.25) is 0 Å². The first kappa shape index (κ1) is 13.4. The maximum Gasteiger partial charge on any atom is 0.238 e. The fourth-order valence-corrected chi connectivity index (χ4v) is 2.76. The number of carbonyl (C=O) groups is 1. The highest BCUT2D eigenvalue weighted by Crippen LogP contribution is 2.42. The fraction of sp³-hybridized carbons (Fsp3) is 0.417. The van der Waals surface area contributed by atoms with Crippen LogP contribution in [0.25, 0.3) is 0 Å². The number of amides is 1. The summed E-state index contributed by atoms with van der Waals surface area (Å²) >= 11 is 8.35. The Bertz CT molecular complexity index is 514. The Balaban J connectivity index is 2.19. The normalized spacial score (nSPS) is 16.8. The highest BCUT2D eigenvalue weighted by atomic mass is 79.9. The predicted octanol–water partition coefficient (Wildman–Crippen LogP) is 2.55. The van der Waals surface area contributed by atoms with E-state index in [1.165, 1.54) is 0 Å². The van der Waals surface area contributed by atoms with Crippen molar-refractivity contribution in [3.8, 4) is 0 Å². The van der Waals surface area contributed by atoms with Crippen molar-refractivity contribution in [3.05, 3.63) is 22.3 Å². The van der Waals surface area contributed by atoms with Crippen LogP contribution in [0.4, 0.5) is 5.82 Å². The Morgan fingerprint density at radius 2 is 2.28 bits per heavy atom. The van der Waals surface area contributed by atoms with E-state index in [9.17, 15) is 4.79 Å². The van der Waals surface area contributed by atoms with E-state index in [1.807, 2.05) is 13.0 Å². The van der Waals surface area contributed by atoms with Gasteiger partial charge in [-0.3, -0.25) is 4.79 Å². The first-order chi connectivity index (χ1) is 8.45. The molecule has 1 heterocycles. The summed E-state index contributed by atoms with van der Waals surface area (Å²) in [7, 11) is 0. The molecule has 0 spiro atoms. The zero-order valence-electron chi connectivity index (χ0n) is 10.00. The van der Waals surface area contributed by atoms with Crippen molar-refractivity contribution in [2.45, 2.75) is 26.2 Å². The third-order valence-electron chi connectivity index (χ3n) is 3.39. The number of thiocarbonyl (C=S) groups is 1. The lowest BCUT2D eigenvalue weighted by Gasteiger charge is -2.38. The number of nitrogens with one attached hydrogen (secondary N) is 1. The van der Waals surface area contributed by atoms with Gasteiger partial charge in [0.25, 0.3) is 0 Å². The molecule has 0 atom stereocenters. The molecule has 0 radical (unpaired) electrons. The number of hydrogen-bond donors (Lipinski definition) is 2. The highest BCUT2D eigenvalue weighted by molar-refractivity contribution is 9.10. The number of hydrogen-bond acceptors (Lipinski definition) is 3. The van der Waals surface area contributed by atoms with Crippen molar-refractivity contribution in [2.75, 3.05) is 5.32 Å². The van der Waals surface area contributed by atoms with Gasteiger partial charge in [0, 0.05) is 10.7 Å². The Hall–Kier alpha value is -1.01. The van der Waals surface area contributed by atoms with Gasteiger partial charge in [-0.2, -0.15) is 0 Å². The maximum absolute atomic E-state index is 12.3. The van der Waals surface area contributed by atoms with Gasteiger partial charge in [0.2, 0.25) is 5.91 Å². The molecule has 1 aliphatic rings. The van der Waals surface area contributed by atoms with E-state index in [2.05, 4.69) is 26.2 Å². The number of halogens is 1. The number of nitrogens with zero attached hydrogens (tertiary/aromatic N) is 1. The summed E-state index contributed by atoms with van der Waals surface area (Å²) in [6, 6.07) is 1.90. The molecule has 1 amide bonds. The van der Waals surface area contributed by atoms with Crippen LogP contribution in [0.15, 0.2) is 16.7 Å². The van der Waals surface area contributed by atoms with Gasteiger partial charge in [-0.05, 0) is 47.3 Å². The number of anilines is 1. The predicted molar refractivity (Wildman–Crippen MR) is 78.4 cm³/mol. The topological polar surface area (TPSA) is 68.0 Å². The number of rotatable bonds is 3. The molecular formula is C12H14BrN3OS. The summed E-state index contributed by atoms with van der Waals surface area (Å²) in [5.41, 5.74) is 5.92. The van der Waals surface area contributed by atoms with Crippen molar-refractivity contribution in [1.29, 1.82) is 0 Å². The average molecular weight is 328 g/mol. The van der Waals surface area contributed by atoms with E-state index >= 15 is 0 Å². The Labute approximate surface area is 119 Å². The fourth-order valence-electron chi connectivity index (χ4n) is 2.01. The summed E-state index contributed by atoms with van der Waals surface area (Å²) in [6.45, 7) is 1.89. The summed E-state index contributed by atoms with van der Waals surface area (Å²) in [5.74, 6) is 0.421. The van der Waals surface area contributed by atoms with Crippen LogP contribution >= 0.6 is 28.1 Å². The SMILES string of the molecule is Cc1cc(Br)cnc1NC(=O)C1(C(N)=S)CCC1. The highest BCUT2D eigenvalue weighted by Gasteiger charge is 2.47. The lowest BCUT2D eigenvalue weighted by molar-refractivity contribution is -0.125. The second-order valence-electron chi connectivity index (χ2n) is 4.57. The van der Waals surface area contributed by atoms with Gasteiger partial charge in [-0.25, -0.2) is 4.98 Å². The average Bonchev–Trinajstić information content (AvgIpc) is 2.19. The molecule has 0 aromatic carbocycles. The number of aromatic nitrogens is 1. The molecule has 18 heavy (non-hydrogen) atoms. The van der Waals surface area contributed by atoms with Crippen molar-refractivity contribution >= 4 is 44.9 Å². The number of aryl methyl sites for hydroxylation is 1. The minimum absolute atomic E-state index is 0.140. The van der Waals surface area contributed by atoms with Crippen LogP contribution in [-0.2, 0) is 4.79 Å². The number of pyridine rings is 1. The molecule has 1 aliphatic carbocycles. The molecule has 1 fully saturated rings. The largest absolute Gasteiger partial charge is 0.392 e. The van der Waals surface area contributed by atoms with Gasteiger partial charge in [0.15, 0.2) is 0 Å². The van der Waals surface area contributed by atoms with Gasteiger partial charge >= 0.3 is 0 Å². The molecule has 4 nitrogen and oxygen atoms in total. The molecule has 96 valence electrons. The maximum atomic E-state index is 12.3. The molecule has 0 saturated heterocycles. The van der Waals surface area contributed by atoms with Gasteiger partial charge in [-0.1, -0.05) is 18.6 Å².